The predicted octanol–water partition coefficient (Wildman–Crippen LogP) is 2.02. The third-order valence-electron chi connectivity index (χ3n) is 1.34. The van der Waals surface area contributed by atoms with Crippen LogP contribution in [0.15, 0.2) is 48.1 Å². The Morgan fingerprint density at radius 2 is 1.83 bits per heavy atom. The molecule has 1 aliphatic rings. The number of allylic oxidation sites excluding steroid dienone is 6. The lowest BCUT2D eigenvalue weighted by atomic mass is 10.2. The lowest BCUT2D eigenvalue weighted by molar-refractivity contribution is -0.115. The van der Waals surface area contributed by atoms with Gasteiger partial charge in [-0.3, -0.25) is 9.14 Å². The Morgan fingerprint density at radius 1 is 1.17 bits per heavy atom. The summed E-state index contributed by atoms with van der Waals surface area (Å²) >= 11 is 2.88. The largest absolute Gasteiger partial charge is 0.289 e. The molecule has 0 heterocycles. The summed E-state index contributed by atoms with van der Waals surface area (Å²) in [7, 11) is 0. The standard InChI is InChI=1S/C9H8BrNO/c10-11-9(12)8-6-4-2-1-3-5-7-8/h1-7H,(H,11,12)/b2-1-,3-1?,4-2?,5-3-,6-4-,7-5?,8-6?,8-7+. The predicted molar refractivity (Wildman–Crippen MR) is 52.6 cm³/mol. The molecule has 12 heavy (non-hydrogen) atoms. The Balaban J connectivity index is 2.82. The molecule has 2 nitrogen and oxygen atoms in total. The van der Waals surface area contributed by atoms with Crippen molar-refractivity contribution in [2.45, 2.75) is 0 Å². The molecule has 0 bridgehead atoms. The molecule has 1 N–H and O–H groups in total. The van der Waals surface area contributed by atoms with Crippen molar-refractivity contribution in [2.24, 2.45) is 0 Å². The van der Waals surface area contributed by atoms with Gasteiger partial charge < -0.3 is 0 Å². The highest BCUT2D eigenvalue weighted by Gasteiger charge is 2.01. The monoisotopic (exact) mass is 225 g/mol. The molecule has 1 aliphatic carbocycles. The molecule has 62 valence electrons. The molecule has 0 aromatic rings. The van der Waals surface area contributed by atoms with E-state index in [2.05, 4.69) is 20.5 Å². The van der Waals surface area contributed by atoms with Gasteiger partial charge in [0.1, 0.15) is 0 Å². The summed E-state index contributed by atoms with van der Waals surface area (Å²) in [4.78, 5) is 11.1. The van der Waals surface area contributed by atoms with E-state index in [0.717, 1.165) is 0 Å². The van der Waals surface area contributed by atoms with Crippen LogP contribution < -0.4 is 4.34 Å². The fourth-order valence-corrected chi connectivity index (χ4v) is 1.00. The fourth-order valence-electron chi connectivity index (χ4n) is 0.772. The molecule has 3 heteroatoms. The van der Waals surface area contributed by atoms with Crippen LogP contribution in [0.3, 0.4) is 0 Å². The van der Waals surface area contributed by atoms with Crippen molar-refractivity contribution >= 4 is 22.1 Å². The van der Waals surface area contributed by atoms with Crippen LogP contribution in [0, 0.1) is 0 Å². The van der Waals surface area contributed by atoms with Crippen molar-refractivity contribution < 1.29 is 4.79 Å². The van der Waals surface area contributed by atoms with Gasteiger partial charge in [0.15, 0.2) is 0 Å². The van der Waals surface area contributed by atoms with E-state index < -0.39 is 0 Å². The average Bonchev–Trinajstić information content (AvgIpc) is 2.02. The van der Waals surface area contributed by atoms with Crippen LogP contribution in [-0.4, -0.2) is 5.91 Å². The van der Waals surface area contributed by atoms with Gasteiger partial charge in [0.25, 0.3) is 5.91 Å². The molecule has 0 radical (unpaired) electrons. The minimum Gasteiger partial charge on any atom is -0.289 e. The number of rotatable bonds is 1. The van der Waals surface area contributed by atoms with Crippen LogP contribution in [0.5, 0.6) is 0 Å². The Bertz CT molecular complexity index is 287. The summed E-state index contributed by atoms with van der Waals surface area (Å²) in [5, 5.41) is 0. The first-order chi connectivity index (χ1) is 5.84. The third kappa shape index (κ3) is 2.51. The van der Waals surface area contributed by atoms with Gasteiger partial charge in [0, 0.05) is 21.7 Å². The zero-order valence-electron chi connectivity index (χ0n) is 6.33. The van der Waals surface area contributed by atoms with Crippen LogP contribution in [0.2, 0.25) is 0 Å². The Kier molecular flexibility index (Phi) is 3.54. The van der Waals surface area contributed by atoms with Crippen molar-refractivity contribution in [2.75, 3.05) is 0 Å². The molecule has 0 fully saturated rings. The van der Waals surface area contributed by atoms with Gasteiger partial charge in [-0.1, -0.05) is 30.4 Å². The van der Waals surface area contributed by atoms with Crippen molar-refractivity contribution in [1.29, 1.82) is 0 Å². The van der Waals surface area contributed by atoms with E-state index in [1.807, 2.05) is 30.4 Å². The van der Waals surface area contributed by atoms with Crippen LogP contribution >= 0.6 is 16.1 Å². The molecule has 0 aliphatic heterocycles. The summed E-state index contributed by atoms with van der Waals surface area (Å²) in [6.45, 7) is 0. The lowest BCUT2D eigenvalue weighted by Crippen LogP contribution is -2.13. The zero-order chi connectivity index (χ0) is 8.81. The maximum absolute atomic E-state index is 11.1. The number of nitrogens with one attached hydrogen (secondary N) is 1. The molecule has 0 saturated heterocycles. The second kappa shape index (κ2) is 4.72. The van der Waals surface area contributed by atoms with Crippen molar-refractivity contribution in [3.05, 3.63) is 48.1 Å². The van der Waals surface area contributed by atoms with Crippen molar-refractivity contribution in [3.63, 3.8) is 0 Å². The summed E-state index contributed by atoms with van der Waals surface area (Å²) in [5.74, 6) is -0.147. The molecule has 0 unspecified atom stereocenters. The summed E-state index contributed by atoms with van der Waals surface area (Å²) in [5.41, 5.74) is 0.618. The first-order valence-electron chi connectivity index (χ1n) is 3.47. The second-order valence-corrected chi connectivity index (χ2v) is 2.57. The van der Waals surface area contributed by atoms with Crippen molar-refractivity contribution in [3.8, 4) is 0 Å². The maximum Gasteiger partial charge on any atom is 0.261 e. The first-order valence-corrected chi connectivity index (χ1v) is 4.26. The molecular weight excluding hydrogens is 218 g/mol. The summed E-state index contributed by atoms with van der Waals surface area (Å²) < 4.78 is 2.38. The number of amides is 1. The van der Waals surface area contributed by atoms with Crippen LogP contribution in [0.1, 0.15) is 0 Å². The van der Waals surface area contributed by atoms with E-state index in [0.29, 0.717) is 5.57 Å². The van der Waals surface area contributed by atoms with Gasteiger partial charge in [0.05, 0.1) is 0 Å². The van der Waals surface area contributed by atoms with Gasteiger partial charge in [-0.15, -0.1) is 0 Å². The number of carbonyl (C=O) groups excluding carboxylic acids is 1. The van der Waals surface area contributed by atoms with E-state index in [4.69, 9.17) is 0 Å². The van der Waals surface area contributed by atoms with Gasteiger partial charge in [-0.05, 0) is 12.2 Å². The quantitative estimate of drug-likeness (QED) is 0.681. The Hall–Kier alpha value is -1.09. The number of hydrogen-bond acceptors (Lipinski definition) is 1. The SMILES string of the molecule is O=C(NBr)C1=C/C=C\C=C/C=C\1. The van der Waals surface area contributed by atoms with Gasteiger partial charge in [-0.2, -0.15) is 0 Å². The second-order valence-electron chi connectivity index (χ2n) is 2.17. The van der Waals surface area contributed by atoms with E-state index in [1.54, 1.807) is 12.2 Å². The van der Waals surface area contributed by atoms with E-state index in [9.17, 15) is 4.79 Å². The number of hydrogen-bond donors (Lipinski definition) is 1. The highest BCUT2D eigenvalue weighted by molar-refractivity contribution is 9.08. The third-order valence-corrected chi connectivity index (χ3v) is 1.70. The van der Waals surface area contributed by atoms with Gasteiger partial charge in [0.2, 0.25) is 0 Å². The molecule has 0 spiro atoms. The molecule has 0 aromatic carbocycles. The minimum absolute atomic E-state index is 0.147. The van der Waals surface area contributed by atoms with Gasteiger partial charge in [-0.25, -0.2) is 0 Å². The lowest BCUT2D eigenvalue weighted by Gasteiger charge is -1.97. The van der Waals surface area contributed by atoms with E-state index in [-0.39, 0.29) is 5.91 Å². The molecule has 0 aromatic heterocycles. The van der Waals surface area contributed by atoms with Crippen LogP contribution in [-0.2, 0) is 4.79 Å². The first kappa shape index (κ1) is 9.00. The molecular formula is C9H8BrNO. The Labute approximate surface area is 79.7 Å². The minimum atomic E-state index is -0.147. The van der Waals surface area contributed by atoms with Crippen LogP contribution in [0.4, 0.5) is 0 Å². The highest BCUT2D eigenvalue weighted by atomic mass is 79.9. The van der Waals surface area contributed by atoms with E-state index >= 15 is 0 Å². The van der Waals surface area contributed by atoms with Crippen LogP contribution in [0.25, 0.3) is 0 Å². The Morgan fingerprint density at radius 3 is 2.58 bits per heavy atom. The molecule has 1 amide bonds. The smallest absolute Gasteiger partial charge is 0.261 e. The fraction of sp³-hybridized carbons (Fsp3) is 0. The van der Waals surface area contributed by atoms with Gasteiger partial charge >= 0.3 is 0 Å². The number of carbonyl (C=O) groups is 1. The van der Waals surface area contributed by atoms with Crippen molar-refractivity contribution in [1.82, 2.24) is 4.34 Å². The zero-order valence-corrected chi connectivity index (χ0v) is 7.91. The molecule has 1 rings (SSSR count). The molecule has 0 atom stereocenters. The normalized spacial score (nSPS) is 27.2. The topological polar surface area (TPSA) is 29.1 Å². The summed E-state index contributed by atoms with van der Waals surface area (Å²) in [6.07, 6.45) is 12.8. The maximum atomic E-state index is 11.1. The highest BCUT2D eigenvalue weighted by Crippen LogP contribution is 2.01. The average molecular weight is 226 g/mol. The molecule has 0 saturated carbocycles. The number of halogens is 1. The van der Waals surface area contributed by atoms with E-state index in [1.165, 1.54) is 0 Å². The summed E-state index contributed by atoms with van der Waals surface area (Å²) in [6, 6.07) is 0.